The van der Waals surface area contributed by atoms with Crippen LogP contribution in [0.2, 0.25) is 0 Å². The molecule has 1 saturated heterocycles. The molecular formula is C11H18ClN6O12P3. The Morgan fingerprint density at radius 1 is 1.18 bits per heavy atom. The second kappa shape index (κ2) is 8.77. The molecule has 1 fully saturated rings. The van der Waals surface area contributed by atoms with E-state index in [4.69, 9.17) is 37.6 Å². The van der Waals surface area contributed by atoms with E-state index >= 15 is 0 Å². The van der Waals surface area contributed by atoms with Crippen LogP contribution in [0.5, 0.6) is 0 Å². The molecule has 0 bridgehead atoms. The molecule has 1 aliphatic rings. The number of fused-ring (bicyclic) bond motifs is 1. The Bertz CT molecular complexity index is 1200. The summed E-state index contributed by atoms with van der Waals surface area (Å²) in [5, 5.41) is 10.6. The smallest absolute Gasteiger partial charge is 0.388 e. The van der Waals surface area contributed by atoms with Crippen molar-refractivity contribution in [3.8, 4) is 0 Å². The number of anilines is 2. The number of hydrogen-bond acceptors (Lipinski definition) is 13. The molecule has 0 spiro atoms. The highest BCUT2D eigenvalue weighted by atomic mass is 35.5. The van der Waals surface area contributed by atoms with Crippen LogP contribution in [0.15, 0.2) is 6.33 Å². The predicted octanol–water partition coefficient (Wildman–Crippen LogP) is -0.410. The molecule has 9 N–H and O–H groups in total. The number of nitrogens with zero attached hydrogens (tertiary/aromatic N) is 4. The molecule has 0 radical (unpaired) electrons. The highest BCUT2D eigenvalue weighted by Crippen LogP contribution is 2.66. The van der Waals surface area contributed by atoms with Gasteiger partial charge in [-0.2, -0.15) is 18.6 Å². The number of aliphatic hydroxyl groups excluding tert-OH is 1. The van der Waals surface area contributed by atoms with Crippen LogP contribution in [0.3, 0.4) is 0 Å². The lowest BCUT2D eigenvalue weighted by atomic mass is 10.0. The van der Waals surface area contributed by atoms with E-state index in [2.05, 4.69) is 28.1 Å². The summed E-state index contributed by atoms with van der Waals surface area (Å²) in [5.41, 5.74) is 11.6. The number of aliphatic hydroxyl groups is 1. The average molecular weight is 555 g/mol. The van der Waals surface area contributed by atoms with Crippen LogP contribution in [-0.4, -0.2) is 67.9 Å². The number of rotatable bonds is 8. The van der Waals surface area contributed by atoms with Crippen LogP contribution < -0.4 is 11.5 Å². The third-order valence-electron chi connectivity index (χ3n) is 4.25. The normalized spacial score (nSPS) is 29.7. The fourth-order valence-corrected chi connectivity index (χ4v) is 6.28. The number of phosphoric acid groups is 3. The topological polar surface area (TPSA) is 285 Å². The molecule has 0 aromatic carbocycles. The monoisotopic (exact) mass is 554 g/mol. The van der Waals surface area contributed by atoms with Gasteiger partial charge in [-0.1, -0.05) is 0 Å². The quantitative estimate of drug-likeness (QED) is 0.161. The van der Waals surface area contributed by atoms with Gasteiger partial charge in [0.25, 0.3) is 0 Å². The molecule has 0 amide bonds. The molecule has 2 unspecified atom stereocenters. The van der Waals surface area contributed by atoms with Crippen LogP contribution in [0, 0.1) is 0 Å². The Morgan fingerprint density at radius 3 is 2.42 bits per heavy atom. The summed E-state index contributed by atoms with van der Waals surface area (Å²) in [4.78, 5) is 46.1. The molecule has 2 aromatic rings. The van der Waals surface area contributed by atoms with Crippen LogP contribution in [0.25, 0.3) is 11.2 Å². The van der Waals surface area contributed by atoms with Crippen molar-refractivity contribution in [3.63, 3.8) is 0 Å². The zero-order valence-corrected chi connectivity index (χ0v) is 19.7. The summed E-state index contributed by atoms with van der Waals surface area (Å²) in [6.07, 6.45) is -2.91. The summed E-state index contributed by atoms with van der Waals surface area (Å²) in [6.45, 7) is 0.448. The fraction of sp³-hybridized carbons (Fsp3) is 0.545. The molecule has 1 aliphatic heterocycles. The van der Waals surface area contributed by atoms with Crippen molar-refractivity contribution in [1.29, 1.82) is 0 Å². The summed E-state index contributed by atoms with van der Waals surface area (Å²) >= 11 is 6.44. The van der Waals surface area contributed by atoms with E-state index in [1.54, 1.807) is 0 Å². The average Bonchev–Trinajstić information content (AvgIpc) is 3.10. The number of nitrogen functional groups attached to an aromatic ring is 2. The van der Waals surface area contributed by atoms with Gasteiger partial charge in [-0.3, -0.25) is 9.09 Å². The minimum atomic E-state index is -5.71. The number of halogens is 1. The molecule has 33 heavy (non-hydrogen) atoms. The minimum absolute atomic E-state index is 0.0321. The third-order valence-corrected chi connectivity index (χ3v) is 8.47. The highest BCUT2D eigenvalue weighted by Gasteiger charge is 2.54. The van der Waals surface area contributed by atoms with E-state index < -0.39 is 53.4 Å². The number of alkyl halides is 1. The molecule has 22 heteroatoms. The number of aromatic nitrogens is 4. The van der Waals surface area contributed by atoms with E-state index in [1.807, 2.05) is 0 Å². The molecule has 3 heterocycles. The van der Waals surface area contributed by atoms with Gasteiger partial charge in [-0.05, 0) is 6.92 Å². The number of hydrogen-bond donors (Lipinski definition) is 7. The second-order valence-electron chi connectivity index (χ2n) is 6.80. The van der Waals surface area contributed by atoms with Gasteiger partial charge in [-0.25, -0.2) is 18.7 Å². The summed E-state index contributed by atoms with van der Waals surface area (Å²) in [5.74, 6) is -0.212. The lowest BCUT2D eigenvalue weighted by Crippen LogP contribution is -2.39. The number of ether oxygens (including phenoxy) is 1. The van der Waals surface area contributed by atoms with Crippen molar-refractivity contribution in [1.82, 2.24) is 19.5 Å². The zero-order chi connectivity index (χ0) is 25.0. The first kappa shape index (κ1) is 26.4. The fourth-order valence-electron chi connectivity index (χ4n) is 2.95. The third kappa shape index (κ3) is 5.89. The lowest BCUT2D eigenvalue weighted by Gasteiger charge is -2.26. The molecule has 6 atom stereocenters. The van der Waals surface area contributed by atoms with Crippen molar-refractivity contribution >= 4 is 58.0 Å². The molecule has 0 saturated carbocycles. The van der Waals surface area contributed by atoms with Gasteiger partial charge < -0.3 is 40.9 Å². The summed E-state index contributed by atoms with van der Waals surface area (Å²) < 4.78 is 52.6. The first-order valence-corrected chi connectivity index (χ1v) is 13.4. The highest BCUT2D eigenvalue weighted by molar-refractivity contribution is 7.66. The van der Waals surface area contributed by atoms with Crippen molar-refractivity contribution < 1.29 is 56.3 Å². The van der Waals surface area contributed by atoms with Crippen molar-refractivity contribution in [2.24, 2.45) is 0 Å². The van der Waals surface area contributed by atoms with E-state index in [-0.39, 0.29) is 22.9 Å². The van der Waals surface area contributed by atoms with E-state index in [0.717, 1.165) is 0 Å². The molecular weight excluding hydrogens is 537 g/mol. The zero-order valence-electron chi connectivity index (χ0n) is 16.3. The number of imidazole rings is 1. The molecule has 2 aromatic heterocycles. The van der Waals surface area contributed by atoms with E-state index in [1.165, 1.54) is 17.8 Å². The van der Waals surface area contributed by atoms with E-state index in [0.29, 0.717) is 0 Å². The minimum Gasteiger partial charge on any atom is -0.388 e. The van der Waals surface area contributed by atoms with Crippen molar-refractivity contribution in [2.75, 3.05) is 18.1 Å². The van der Waals surface area contributed by atoms with Crippen molar-refractivity contribution in [2.45, 2.75) is 30.2 Å². The lowest BCUT2D eigenvalue weighted by molar-refractivity contribution is -0.0432. The van der Waals surface area contributed by atoms with E-state index in [9.17, 15) is 28.6 Å². The van der Waals surface area contributed by atoms with Gasteiger partial charge in [0.15, 0.2) is 17.7 Å². The van der Waals surface area contributed by atoms with Gasteiger partial charge in [0, 0.05) is 0 Å². The maximum absolute atomic E-state index is 11.9. The van der Waals surface area contributed by atoms with Gasteiger partial charge in [-0.15, -0.1) is 11.6 Å². The van der Waals surface area contributed by atoms with Gasteiger partial charge in [0.05, 0.1) is 12.9 Å². The van der Waals surface area contributed by atoms with Crippen LogP contribution >= 0.6 is 35.1 Å². The first-order valence-electron chi connectivity index (χ1n) is 8.48. The Kier molecular flexibility index (Phi) is 7.01. The number of phosphoric ester groups is 1. The van der Waals surface area contributed by atoms with Gasteiger partial charge >= 0.3 is 23.5 Å². The van der Waals surface area contributed by atoms with Gasteiger partial charge in [0.2, 0.25) is 5.95 Å². The second-order valence-corrected chi connectivity index (χ2v) is 12.0. The molecule has 3 rings (SSSR count). The number of nitrogens with two attached hydrogens (primary N) is 2. The SMILES string of the molecule is C[C@@]1(Cl)[C@H](O)[C@@H](COP(=O)(O)OP(=O)(O)OP(=O)(O)O)O[C@H]1n1cnc2c(N)nc(N)nc21. The van der Waals surface area contributed by atoms with Crippen LogP contribution in [-0.2, 0) is 31.6 Å². The predicted molar refractivity (Wildman–Crippen MR) is 108 cm³/mol. The molecule has 186 valence electrons. The standard InChI is InChI=1S/C11H18ClN6O12P3/c1-11(12)6(19)4(2-27-32(23,24)30-33(25,26)29-31(20,21)22)28-9(11)18-3-15-5-7(13)16-10(14)17-8(5)18/h3-4,6,9,19H,2H2,1H3,(H,23,24)(H,25,26)(H2,20,21,22)(H4,13,14,16,17)/t4-,6-,9-,11-/m1/s1. The Labute approximate surface area is 188 Å². The summed E-state index contributed by atoms with van der Waals surface area (Å²) in [6, 6.07) is 0. The van der Waals surface area contributed by atoms with Gasteiger partial charge in [0.1, 0.15) is 22.6 Å². The van der Waals surface area contributed by atoms with Crippen LogP contribution in [0.4, 0.5) is 11.8 Å². The maximum Gasteiger partial charge on any atom is 0.490 e. The van der Waals surface area contributed by atoms with Crippen LogP contribution in [0.1, 0.15) is 13.2 Å². The Hall–Kier alpha value is -1.23. The first-order chi connectivity index (χ1) is 14.9. The maximum atomic E-state index is 11.9. The Morgan fingerprint density at radius 2 is 1.82 bits per heavy atom. The molecule has 18 nitrogen and oxygen atoms in total. The largest absolute Gasteiger partial charge is 0.490 e. The van der Waals surface area contributed by atoms with Crippen molar-refractivity contribution in [3.05, 3.63) is 6.33 Å². The molecule has 0 aliphatic carbocycles. The Balaban J connectivity index is 1.77. The summed E-state index contributed by atoms with van der Waals surface area (Å²) in [7, 11) is -16.7.